The summed E-state index contributed by atoms with van der Waals surface area (Å²) in [5.41, 5.74) is 7.23. The molecule has 2 aliphatic rings. The van der Waals surface area contributed by atoms with Gasteiger partial charge in [0.2, 0.25) is 0 Å². The highest BCUT2D eigenvalue weighted by Crippen LogP contribution is 2.40. The summed E-state index contributed by atoms with van der Waals surface area (Å²) in [6, 6.07) is 6.00. The molecule has 4 heteroatoms. The van der Waals surface area contributed by atoms with Crippen LogP contribution in [-0.2, 0) is 0 Å². The number of rotatable bonds is 2. The second kappa shape index (κ2) is 4.23. The van der Waals surface area contributed by atoms with Gasteiger partial charge in [-0.25, -0.2) is 4.39 Å². The first-order valence-corrected chi connectivity index (χ1v) is 6.51. The van der Waals surface area contributed by atoms with E-state index in [9.17, 15) is 4.39 Å². The van der Waals surface area contributed by atoms with Crippen molar-refractivity contribution in [1.29, 1.82) is 0 Å². The third-order valence-electron chi connectivity index (χ3n) is 3.78. The Morgan fingerprint density at radius 3 is 2.71 bits per heavy atom. The van der Waals surface area contributed by atoms with Crippen LogP contribution in [0.1, 0.15) is 30.9 Å². The van der Waals surface area contributed by atoms with Crippen LogP contribution in [0.5, 0.6) is 0 Å². The van der Waals surface area contributed by atoms with Crippen LogP contribution in [0.25, 0.3) is 0 Å². The molecule has 1 aromatic rings. The molecule has 1 aliphatic carbocycles. The van der Waals surface area contributed by atoms with Gasteiger partial charge in [-0.1, -0.05) is 17.7 Å². The van der Waals surface area contributed by atoms with E-state index in [2.05, 4.69) is 4.90 Å². The number of nitrogens with zero attached hydrogens (tertiary/aromatic N) is 1. The van der Waals surface area contributed by atoms with E-state index in [4.69, 9.17) is 17.3 Å². The van der Waals surface area contributed by atoms with Crippen molar-refractivity contribution in [3.8, 4) is 0 Å². The van der Waals surface area contributed by atoms with Crippen LogP contribution in [0.15, 0.2) is 18.2 Å². The maximum atomic E-state index is 13.2. The van der Waals surface area contributed by atoms with Crippen LogP contribution < -0.4 is 5.73 Å². The number of nitrogens with two attached hydrogens (primary N) is 1. The molecule has 2 fully saturated rings. The van der Waals surface area contributed by atoms with Gasteiger partial charge in [-0.3, -0.25) is 4.90 Å². The molecule has 2 atom stereocenters. The predicted octanol–water partition coefficient (Wildman–Crippen LogP) is 2.72. The first kappa shape index (κ1) is 11.5. The molecule has 92 valence electrons. The van der Waals surface area contributed by atoms with Gasteiger partial charge >= 0.3 is 0 Å². The molecule has 0 spiro atoms. The quantitative estimate of drug-likeness (QED) is 0.879. The van der Waals surface area contributed by atoms with Crippen LogP contribution in [-0.4, -0.2) is 23.5 Å². The molecule has 0 amide bonds. The van der Waals surface area contributed by atoms with Gasteiger partial charge in [0.15, 0.2) is 0 Å². The van der Waals surface area contributed by atoms with E-state index in [0.29, 0.717) is 6.04 Å². The summed E-state index contributed by atoms with van der Waals surface area (Å²) in [6.07, 6.45) is 3.53. The van der Waals surface area contributed by atoms with Crippen molar-refractivity contribution in [2.24, 2.45) is 5.73 Å². The molecule has 2 N–H and O–H groups in total. The van der Waals surface area contributed by atoms with Crippen molar-refractivity contribution in [3.05, 3.63) is 34.6 Å². The number of hydrogen-bond acceptors (Lipinski definition) is 2. The summed E-state index contributed by atoms with van der Waals surface area (Å²) < 4.78 is 13.2. The summed E-state index contributed by atoms with van der Waals surface area (Å²) >= 11 is 5.85. The molecule has 0 radical (unpaired) electrons. The van der Waals surface area contributed by atoms with Gasteiger partial charge in [0.25, 0.3) is 0 Å². The Bertz CT molecular complexity index is 433. The summed E-state index contributed by atoms with van der Waals surface area (Å²) in [5.74, 6) is -0.361. The molecule has 17 heavy (non-hydrogen) atoms. The van der Waals surface area contributed by atoms with Gasteiger partial charge in [-0.15, -0.1) is 0 Å². The van der Waals surface area contributed by atoms with Crippen molar-refractivity contribution in [1.82, 2.24) is 4.90 Å². The zero-order valence-electron chi connectivity index (χ0n) is 9.57. The maximum absolute atomic E-state index is 13.2. The van der Waals surface area contributed by atoms with Gasteiger partial charge in [0.1, 0.15) is 5.82 Å². The molecule has 1 saturated heterocycles. The molecule has 0 aromatic heterocycles. The van der Waals surface area contributed by atoms with E-state index in [1.807, 2.05) is 6.07 Å². The van der Waals surface area contributed by atoms with Gasteiger partial charge in [0, 0.05) is 18.6 Å². The lowest BCUT2D eigenvalue weighted by Gasteiger charge is -2.27. The van der Waals surface area contributed by atoms with Crippen molar-refractivity contribution in [2.75, 3.05) is 6.54 Å². The third kappa shape index (κ3) is 2.07. The molecule has 1 aliphatic heterocycles. The largest absolute Gasteiger partial charge is 0.326 e. The second-order valence-electron chi connectivity index (χ2n) is 5.04. The van der Waals surface area contributed by atoms with E-state index in [1.165, 1.54) is 18.9 Å². The second-order valence-corrected chi connectivity index (χ2v) is 5.45. The number of likely N-dealkylation sites (tertiary alicyclic amines) is 1. The molecule has 1 aromatic carbocycles. The molecule has 1 saturated carbocycles. The van der Waals surface area contributed by atoms with Crippen molar-refractivity contribution < 1.29 is 4.39 Å². The van der Waals surface area contributed by atoms with E-state index < -0.39 is 0 Å². The van der Waals surface area contributed by atoms with Gasteiger partial charge < -0.3 is 5.73 Å². The number of hydrogen-bond donors (Lipinski definition) is 1. The fourth-order valence-electron chi connectivity index (χ4n) is 2.79. The van der Waals surface area contributed by atoms with E-state index >= 15 is 0 Å². The van der Waals surface area contributed by atoms with E-state index in [1.54, 1.807) is 6.07 Å². The van der Waals surface area contributed by atoms with Crippen LogP contribution >= 0.6 is 11.6 Å². The summed E-state index contributed by atoms with van der Waals surface area (Å²) in [4.78, 5) is 2.45. The standard InChI is InChI=1S/C13H16ClFN2/c14-10-7-8(1-4-11(10)15)13-12(16)5-6-17(13)9-2-3-9/h1,4,7,9,12-13H,2-3,5-6,16H2. The average Bonchev–Trinajstić information content (AvgIpc) is 3.07. The first-order valence-electron chi connectivity index (χ1n) is 6.13. The Kier molecular flexibility index (Phi) is 2.85. The van der Waals surface area contributed by atoms with E-state index in [-0.39, 0.29) is 22.9 Å². The highest BCUT2D eigenvalue weighted by Gasteiger charge is 2.41. The summed E-state index contributed by atoms with van der Waals surface area (Å²) in [7, 11) is 0. The van der Waals surface area contributed by atoms with Crippen molar-refractivity contribution in [3.63, 3.8) is 0 Å². The highest BCUT2D eigenvalue weighted by molar-refractivity contribution is 6.30. The third-order valence-corrected chi connectivity index (χ3v) is 4.07. The molecule has 3 rings (SSSR count). The normalized spacial score (nSPS) is 29.8. The Balaban J connectivity index is 1.91. The van der Waals surface area contributed by atoms with Gasteiger partial charge in [-0.05, 0) is 37.0 Å². The zero-order valence-corrected chi connectivity index (χ0v) is 10.3. The van der Waals surface area contributed by atoms with E-state index in [0.717, 1.165) is 18.5 Å². The fourth-order valence-corrected chi connectivity index (χ4v) is 2.98. The Hall–Kier alpha value is -0.640. The smallest absolute Gasteiger partial charge is 0.141 e. The van der Waals surface area contributed by atoms with Crippen molar-refractivity contribution >= 4 is 11.6 Å². The molecule has 2 unspecified atom stereocenters. The lowest BCUT2D eigenvalue weighted by atomic mass is 10.0. The molecule has 0 bridgehead atoms. The highest BCUT2D eigenvalue weighted by atomic mass is 35.5. The fraction of sp³-hybridized carbons (Fsp3) is 0.538. The number of benzene rings is 1. The SMILES string of the molecule is NC1CCN(C2CC2)C1c1ccc(F)c(Cl)c1. The summed E-state index contributed by atoms with van der Waals surface area (Å²) in [5, 5.41) is 0.192. The Labute approximate surface area is 106 Å². The lowest BCUT2D eigenvalue weighted by molar-refractivity contribution is 0.237. The molecular formula is C13H16ClFN2. The summed E-state index contributed by atoms with van der Waals surface area (Å²) in [6.45, 7) is 1.05. The average molecular weight is 255 g/mol. The maximum Gasteiger partial charge on any atom is 0.141 e. The number of halogens is 2. The van der Waals surface area contributed by atoms with Crippen LogP contribution in [0, 0.1) is 5.82 Å². The minimum atomic E-state index is -0.361. The predicted molar refractivity (Wildman–Crippen MR) is 66.5 cm³/mol. The van der Waals surface area contributed by atoms with Crippen molar-refractivity contribution in [2.45, 2.75) is 37.4 Å². The minimum Gasteiger partial charge on any atom is -0.326 e. The molecular weight excluding hydrogens is 239 g/mol. The van der Waals surface area contributed by atoms with Crippen LogP contribution in [0.2, 0.25) is 5.02 Å². The van der Waals surface area contributed by atoms with Crippen LogP contribution in [0.3, 0.4) is 0 Å². The van der Waals surface area contributed by atoms with Gasteiger partial charge in [-0.2, -0.15) is 0 Å². The molecule has 1 heterocycles. The Morgan fingerprint density at radius 1 is 1.29 bits per heavy atom. The zero-order chi connectivity index (χ0) is 12.0. The minimum absolute atomic E-state index is 0.136. The monoisotopic (exact) mass is 254 g/mol. The lowest BCUT2D eigenvalue weighted by Crippen LogP contribution is -2.33. The topological polar surface area (TPSA) is 29.3 Å². The van der Waals surface area contributed by atoms with Crippen LogP contribution in [0.4, 0.5) is 4.39 Å². The van der Waals surface area contributed by atoms with Gasteiger partial charge in [0.05, 0.1) is 11.1 Å². The first-order chi connectivity index (χ1) is 8.16. The molecule has 2 nitrogen and oxygen atoms in total. The Morgan fingerprint density at radius 2 is 2.06 bits per heavy atom.